The molecule has 0 aliphatic carbocycles. The summed E-state index contributed by atoms with van der Waals surface area (Å²) in [6.45, 7) is 3.70. The predicted octanol–water partition coefficient (Wildman–Crippen LogP) is 5.06. The van der Waals surface area contributed by atoms with E-state index < -0.39 is 0 Å². The van der Waals surface area contributed by atoms with Crippen LogP contribution in [0.15, 0.2) is 0 Å². The van der Waals surface area contributed by atoms with Gasteiger partial charge in [-0.1, -0.05) is 84.0 Å². The second kappa shape index (κ2) is 20.7. The minimum Gasteiger partial charge on any atom is -0.396 e. The molecule has 0 rings (SSSR count). The molecule has 0 saturated heterocycles. The van der Waals surface area contributed by atoms with Crippen LogP contribution in [-0.2, 0) is 4.79 Å². The molecule has 4 heteroatoms. The molecule has 0 radical (unpaired) electrons. The molecule has 0 atom stereocenters. The molecule has 1 amide bonds. The van der Waals surface area contributed by atoms with Crippen LogP contribution in [0.1, 0.15) is 110 Å². The number of hydrogen-bond acceptors (Lipinski definition) is 3. The van der Waals surface area contributed by atoms with Crippen molar-refractivity contribution in [2.24, 2.45) is 0 Å². The van der Waals surface area contributed by atoms with Crippen molar-refractivity contribution in [1.82, 2.24) is 4.90 Å². The van der Waals surface area contributed by atoms with Gasteiger partial charge in [-0.05, 0) is 19.3 Å². The van der Waals surface area contributed by atoms with Crippen LogP contribution in [0.3, 0.4) is 0 Å². The predicted molar refractivity (Wildman–Crippen MR) is 110 cm³/mol. The number of carbonyl (C=O) groups is 1. The summed E-state index contributed by atoms with van der Waals surface area (Å²) in [7, 11) is 0. The summed E-state index contributed by atoms with van der Waals surface area (Å²) in [5, 5.41) is 17.9. The maximum atomic E-state index is 12.2. The number of rotatable bonds is 20. The summed E-state index contributed by atoms with van der Waals surface area (Å²) in [5.41, 5.74) is 0. The Hall–Kier alpha value is -0.610. The maximum Gasteiger partial charge on any atom is 0.222 e. The minimum atomic E-state index is 0.113. The first-order chi connectivity index (χ1) is 12.8. The van der Waals surface area contributed by atoms with Crippen molar-refractivity contribution in [1.29, 1.82) is 0 Å². The average Bonchev–Trinajstić information content (AvgIpc) is 2.65. The molecule has 0 aliphatic heterocycles. The first-order valence-electron chi connectivity index (χ1n) is 11.3. The van der Waals surface area contributed by atoms with Crippen molar-refractivity contribution < 1.29 is 15.0 Å². The summed E-state index contributed by atoms with van der Waals surface area (Å²) in [6.07, 6.45) is 18.9. The highest BCUT2D eigenvalue weighted by Crippen LogP contribution is 2.13. The Kier molecular flexibility index (Phi) is 20.2. The van der Waals surface area contributed by atoms with E-state index in [1.807, 2.05) is 0 Å². The highest BCUT2D eigenvalue weighted by atomic mass is 16.3. The van der Waals surface area contributed by atoms with Gasteiger partial charge in [0.1, 0.15) is 0 Å². The van der Waals surface area contributed by atoms with Gasteiger partial charge in [0.2, 0.25) is 5.91 Å². The van der Waals surface area contributed by atoms with Crippen LogP contribution in [0.4, 0.5) is 0 Å². The highest BCUT2D eigenvalue weighted by molar-refractivity contribution is 5.76. The minimum absolute atomic E-state index is 0.113. The quantitative estimate of drug-likeness (QED) is 0.294. The van der Waals surface area contributed by atoms with E-state index >= 15 is 0 Å². The van der Waals surface area contributed by atoms with E-state index in [1.54, 1.807) is 4.90 Å². The number of hydrogen-bond donors (Lipinski definition) is 2. The molecule has 0 aliphatic rings. The van der Waals surface area contributed by atoms with Gasteiger partial charge in [-0.15, -0.1) is 0 Å². The van der Waals surface area contributed by atoms with Crippen LogP contribution in [0.5, 0.6) is 0 Å². The maximum absolute atomic E-state index is 12.2. The van der Waals surface area contributed by atoms with Crippen LogP contribution in [0.2, 0.25) is 0 Å². The molecule has 0 aromatic carbocycles. The Labute approximate surface area is 162 Å². The molecule has 0 aromatic rings. The molecule has 0 fully saturated rings. The van der Waals surface area contributed by atoms with Crippen molar-refractivity contribution in [2.75, 3.05) is 26.3 Å². The summed E-state index contributed by atoms with van der Waals surface area (Å²) >= 11 is 0. The van der Waals surface area contributed by atoms with E-state index in [-0.39, 0.29) is 19.1 Å². The molecule has 0 aromatic heterocycles. The van der Waals surface area contributed by atoms with Gasteiger partial charge in [-0.3, -0.25) is 4.79 Å². The number of aliphatic hydroxyl groups excluding tert-OH is 2. The molecule has 0 bridgehead atoms. The molecular weight excluding hydrogens is 326 g/mol. The lowest BCUT2D eigenvalue weighted by Crippen LogP contribution is -2.33. The summed E-state index contributed by atoms with van der Waals surface area (Å²) in [5.74, 6) is 0.176. The Morgan fingerprint density at radius 3 is 1.38 bits per heavy atom. The number of nitrogens with zero attached hydrogens (tertiary/aromatic N) is 1. The van der Waals surface area contributed by atoms with Gasteiger partial charge >= 0.3 is 0 Å². The zero-order chi connectivity index (χ0) is 19.3. The van der Waals surface area contributed by atoms with E-state index in [4.69, 9.17) is 10.2 Å². The normalized spacial score (nSPS) is 11.0. The van der Waals surface area contributed by atoms with Crippen molar-refractivity contribution >= 4 is 5.91 Å². The fourth-order valence-electron chi connectivity index (χ4n) is 3.34. The SMILES string of the molecule is CCCCCCCCCCCCCCCC(=O)N(CCCO)CCCO. The number of unbranched alkanes of at least 4 members (excludes halogenated alkanes) is 12. The molecule has 26 heavy (non-hydrogen) atoms. The lowest BCUT2D eigenvalue weighted by molar-refractivity contribution is -0.131. The molecule has 2 N–H and O–H groups in total. The Bertz CT molecular complexity index is 289. The lowest BCUT2D eigenvalue weighted by atomic mass is 10.0. The zero-order valence-electron chi connectivity index (χ0n) is 17.4. The van der Waals surface area contributed by atoms with Gasteiger partial charge in [-0.25, -0.2) is 0 Å². The third-order valence-electron chi connectivity index (χ3n) is 5.02. The Balaban J connectivity index is 3.47. The van der Waals surface area contributed by atoms with Gasteiger partial charge in [0.25, 0.3) is 0 Å². The molecule has 0 saturated carbocycles. The molecule has 0 spiro atoms. The van der Waals surface area contributed by atoms with Crippen LogP contribution < -0.4 is 0 Å². The topological polar surface area (TPSA) is 60.8 Å². The van der Waals surface area contributed by atoms with Gasteiger partial charge in [0, 0.05) is 32.7 Å². The van der Waals surface area contributed by atoms with Crippen molar-refractivity contribution in [3.05, 3.63) is 0 Å². The average molecular weight is 372 g/mol. The highest BCUT2D eigenvalue weighted by Gasteiger charge is 2.12. The third-order valence-corrected chi connectivity index (χ3v) is 5.02. The third kappa shape index (κ3) is 16.8. The fraction of sp³-hybridized carbons (Fsp3) is 0.955. The molecule has 0 unspecified atom stereocenters. The van der Waals surface area contributed by atoms with E-state index in [9.17, 15) is 4.79 Å². The van der Waals surface area contributed by atoms with Crippen molar-refractivity contribution in [3.8, 4) is 0 Å². The van der Waals surface area contributed by atoms with Crippen LogP contribution >= 0.6 is 0 Å². The first-order valence-corrected chi connectivity index (χ1v) is 11.3. The smallest absolute Gasteiger partial charge is 0.222 e. The number of aliphatic hydroxyl groups is 2. The second-order valence-electron chi connectivity index (χ2n) is 7.53. The van der Waals surface area contributed by atoms with Crippen LogP contribution in [-0.4, -0.2) is 47.3 Å². The fourth-order valence-corrected chi connectivity index (χ4v) is 3.34. The van der Waals surface area contributed by atoms with Gasteiger partial charge in [0.15, 0.2) is 0 Å². The van der Waals surface area contributed by atoms with Gasteiger partial charge < -0.3 is 15.1 Å². The molecule has 4 nitrogen and oxygen atoms in total. The van der Waals surface area contributed by atoms with Gasteiger partial charge in [-0.2, -0.15) is 0 Å². The van der Waals surface area contributed by atoms with Crippen LogP contribution in [0, 0.1) is 0 Å². The number of amides is 1. The summed E-state index contributed by atoms with van der Waals surface area (Å²) in [4.78, 5) is 14.0. The van der Waals surface area contributed by atoms with Crippen molar-refractivity contribution in [2.45, 2.75) is 110 Å². The Morgan fingerprint density at radius 1 is 0.615 bits per heavy atom. The van der Waals surface area contributed by atoms with Crippen molar-refractivity contribution in [3.63, 3.8) is 0 Å². The van der Waals surface area contributed by atoms with E-state index in [2.05, 4.69) is 6.92 Å². The summed E-state index contributed by atoms with van der Waals surface area (Å²) < 4.78 is 0. The molecular formula is C22H45NO3. The van der Waals surface area contributed by atoms with E-state index in [0.29, 0.717) is 32.4 Å². The monoisotopic (exact) mass is 371 g/mol. The first kappa shape index (κ1) is 25.4. The number of carbonyl (C=O) groups excluding carboxylic acids is 1. The largest absolute Gasteiger partial charge is 0.396 e. The standard InChI is InChI=1S/C22H45NO3/c1-2-3-4-5-6-7-8-9-10-11-12-13-14-17-22(26)23(18-15-20-24)19-16-21-25/h24-25H,2-21H2,1H3. The van der Waals surface area contributed by atoms with Gasteiger partial charge in [0.05, 0.1) is 0 Å². The summed E-state index contributed by atoms with van der Waals surface area (Å²) in [6, 6.07) is 0. The lowest BCUT2D eigenvalue weighted by Gasteiger charge is -2.22. The van der Waals surface area contributed by atoms with E-state index in [1.165, 1.54) is 70.6 Å². The van der Waals surface area contributed by atoms with Crippen LogP contribution in [0.25, 0.3) is 0 Å². The molecule has 156 valence electrons. The molecule has 0 heterocycles. The second-order valence-corrected chi connectivity index (χ2v) is 7.53. The Morgan fingerprint density at radius 2 is 1.00 bits per heavy atom. The zero-order valence-corrected chi connectivity index (χ0v) is 17.4. The van der Waals surface area contributed by atoms with E-state index in [0.717, 1.165) is 12.8 Å².